The highest BCUT2D eigenvalue weighted by atomic mass is 32.2. The molecule has 2 rings (SSSR count). The molecule has 0 radical (unpaired) electrons. The van der Waals surface area contributed by atoms with Gasteiger partial charge in [-0.3, -0.25) is 0 Å². The van der Waals surface area contributed by atoms with Gasteiger partial charge in [0, 0.05) is 36.3 Å². The lowest BCUT2D eigenvalue weighted by molar-refractivity contribution is -0.0332. The summed E-state index contributed by atoms with van der Waals surface area (Å²) in [5.74, 6) is 1.29. The van der Waals surface area contributed by atoms with Crippen LogP contribution in [0.25, 0.3) is 0 Å². The van der Waals surface area contributed by atoms with E-state index in [0.29, 0.717) is 11.4 Å². The first-order chi connectivity index (χ1) is 10.2. The van der Waals surface area contributed by atoms with Crippen LogP contribution in [0.2, 0.25) is 0 Å². The van der Waals surface area contributed by atoms with Crippen molar-refractivity contribution in [1.29, 1.82) is 0 Å². The molecule has 2 heterocycles. The molecular formula is C12H16F3N5S2. The minimum atomic E-state index is -4.33. The molecule has 0 atom stereocenters. The summed E-state index contributed by atoms with van der Waals surface area (Å²) in [5.41, 5.74) is -3.63. The number of hydrogen-bond donors (Lipinski definition) is 0. The first-order valence-electron chi connectivity index (χ1n) is 6.49. The molecule has 122 valence electrons. The number of thioether (sulfide) groups is 2. The maximum absolute atomic E-state index is 12.4. The lowest BCUT2D eigenvalue weighted by Gasteiger charge is -2.12. The van der Waals surface area contributed by atoms with Crippen molar-refractivity contribution in [3.05, 3.63) is 17.7 Å². The van der Waals surface area contributed by atoms with Gasteiger partial charge in [0.25, 0.3) is 0 Å². The second kappa shape index (κ2) is 6.53. The van der Waals surface area contributed by atoms with E-state index in [2.05, 4.69) is 15.2 Å². The number of rotatable bonds is 5. The van der Waals surface area contributed by atoms with Crippen LogP contribution in [0.3, 0.4) is 0 Å². The smallest absolute Gasteiger partial charge is 0.325 e. The second-order valence-electron chi connectivity index (χ2n) is 4.92. The molecule has 0 fully saturated rings. The summed E-state index contributed by atoms with van der Waals surface area (Å²) in [4.78, 5) is 3.83. The van der Waals surface area contributed by atoms with E-state index in [4.69, 9.17) is 0 Å². The van der Waals surface area contributed by atoms with Gasteiger partial charge in [0.05, 0.1) is 6.20 Å². The van der Waals surface area contributed by atoms with Crippen LogP contribution in [0, 0.1) is 6.92 Å². The van der Waals surface area contributed by atoms with Crippen molar-refractivity contribution in [3.63, 3.8) is 0 Å². The summed E-state index contributed by atoms with van der Waals surface area (Å²) in [6.07, 6.45) is 1.46. The third kappa shape index (κ3) is 3.97. The first-order valence-corrected chi connectivity index (χ1v) is 8.30. The Balaban J connectivity index is 2.10. The van der Waals surface area contributed by atoms with E-state index in [1.54, 1.807) is 7.05 Å². The van der Waals surface area contributed by atoms with Crippen LogP contribution in [0.5, 0.6) is 0 Å². The summed E-state index contributed by atoms with van der Waals surface area (Å²) >= 11 is 1.22. The van der Waals surface area contributed by atoms with E-state index in [0.717, 1.165) is 11.0 Å². The Hall–Kier alpha value is -1.16. The Morgan fingerprint density at radius 2 is 1.91 bits per heavy atom. The normalized spacial score (nSPS) is 12.4. The Morgan fingerprint density at radius 3 is 2.50 bits per heavy atom. The third-order valence-corrected chi connectivity index (χ3v) is 4.72. The van der Waals surface area contributed by atoms with Gasteiger partial charge in [0.2, 0.25) is 0 Å². The van der Waals surface area contributed by atoms with E-state index in [1.165, 1.54) is 22.5 Å². The minimum absolute atomic E-state index is 0.0652. The Kier molecular flexibility index (Phi) is 5.10. The first kappa shape index (κ1) is 17.2. The molecule has 2 aromatic rings. The largest absolute Gasteiger partial charge is 0.449 e. The zero-order valence-corrected chi connectivity index (χ0v) is 14.2. The number of halogens is 3. The molecule has 5 nitrogen and oxygen atoms in total. The lowest BCUT2D eigenvalue weighted by atomic mass is 10.4. The van der Waals surface area contributed by atoms with E-state index in [9.17, 15) is 13.2 Å². The quantitative estimate of drug-likeness (QED) is 0.767. The van der Waals surface area contributed by atoms with Crippen LogP contribution in [0.4, 0.5) is 13.2 Å². The van der Waals surface area contributed by atoms with Gasteiger partial charge < -0.3 is 9.13 Å². The third-order valence-electron chi connectivity index (χ3n) is 2.95. The van der Waals surface area contributed by atoms with Gasteiger partial charge in [-0.25, -0.2) is 4.98 Å². The zero-order valence-electron chi connectivity index (χ0n) is 12.5. The highest BCUT2D eigenvalue weighted by Gasteiger charge is 2.31. The molecule has 0 unspecified atom stereocenters. The SMILES string of the molecule is Cc1nnc(SCc2cnc(SC(F)(F)F)n2C)n1C(C)C. The fourth-order valence-corrected chi connectivity index (χ4v) is 3.63. The van der Waals surface area contributed by atoms with Gasteiger partial charge in [0.15, 0.2) is 10.3 Å². The minimum Gasteiger partial charge on any atom is -0.325 e. The van der Waals surface area contributed by atoms with Crippen LogP contribution >= 0.6 is 23.5 Å². The van der Waals surface area contributed by atoms with Crippen molar-refractivity contribution in [2.24, 2.45) is 7.05 Å². The van der Waals surface area contributed by atoms with Crippen LogP contribution in [0.1, 0.15) is 31.4 Å². The van der Waals surface area contributed by atoms with E-state index < -0.39 is 5.51 Å². The average Bonchev–Trinajstić information content (AvgIpc) is 2.90. The molecule has 0 saturated heterocycles. The Bertz CT molecular complexity index is 648. The maximum atomic E-state index is 12.4. The molecule has 0 aliphatic rings. The van der Waals surface area contributed by atoms with Crippen molar-refractivity contribution in [2.45, 2.75) is 48.4 Å². The summed E-state index contributed by atoms with van der Waals surface area (Å²) < 4.78 is 40.7. The molecule has 0 saturated carbocycles. The van der Waals surface area contributed by atoms with Crippen LogP contribution in [0.15, 0.2) is 16.5 Å². The number of alkyl halides is 3. The van der Waals surface area contributed by atoms with E-state index in [1.807, 2.05) is 25.3 Å². The Labute approximate surface area is 134 Å². The number of hydrogen-bond acceptors (Lipinski definition) is 5. The lowest BCUT2D eigenvalue weighted by Crippen LogP contribution is -2.06. The molecule has 10 heteroatoms. The van der Waals surface area contributed by atoms with Crippen molar-refractivity contribution < 1.29 is 13.2 Å². The zero-order chi connectivity index (χ0) is 16.5. The predicted octanol–water partition coefficient (Wildman–Crippen LogP) is 3.81. The molecule has 2 aromatic heterocycles. The number of aromatic nitrogens is 5. The van der Waals surface area contributed by atoms with Gasteiger partial charge in [-0.05, 0) is 20.8 Å². The predicted molar refractivity (Wildman–Crippen MR) is 79.8 cm³/mol. The van der Waals surface area contributed by atoms with Crippen molar-refractivity contribution >= 4 is 23.5 Å². The highest BCUT2D eigenvalue weighted by molar-refractivity contribution is 8.00. The van der Waals surface area contributed by atoms with E-state index in [-0.39, 0.29) is 23.0 Å². The van der Waals surface area contributed by atoms with Crippen LogP contribution < -0.4 is 0 Å². The monoisotopic (exact) mass is 351 g/mol. The average molecular weight is 351 g/mol. The maximum Gasteiger partial charge on any atom is 0.449 e. The number of nitrogens with zero attached hydrogens (tertiary/aromatic N) is 5. The van der Waals surface area contributed by atoms with Crippen molar-refractivity contribution in [1.82, 2.24) is 24.3 Å². The molecule has 0 amide bonds. The summed E-state index contributed by atoms with van der Waals surface area (Å²) in [5, 5.41) is 8.84. The molecular weight excluding hydrogens is 335 g/mol. The highest BCUT2D eigenvalue weighted by Crippen LogP contribution is 2.36. The van der Waals surface area contributed by atoms with Crippen molar-refractivity contribution in [3.8, 4) is 0 Å². The van der Waals surface area contributed by atoms with E-state index >= 15 is 0 Å². The molecule has 0 N–H and O–H groups in total. The van der Waals surface area contributed by atoms with Gasteiger partial charge >= 0.3 is 5.51 Å². The molecule has 0 spiro atoms. The topological polar surface area (TPSA) is 48.5 Å². The Morgan fingerprint density at radius 1 is 1.23 bits per heavy atom. The van der Waals surface area contributed by atoms with Gasteiger partial charge in [-0.2, -0.15) is 13.2 Å². The summed E-state index contributed by atoms with van der Waals surface area (Å²) in [6, 6.07) is 0.223. The molecule has 0 bridgehead atoms. The standard InChI is InChI=1S/C12H16F3N5S2/c1-7(2)20-8(3)17-18-11(20)21-6-9-5-16-10(19(9)4)22-12(13,14)15/h5,7H,6H2,1-4H3. The second-order valence-corrected chi connectivity index (χ2v) is 6.90. The molecule has 0 aromatic carbocycles. The number of aryl methyl sites for hydroxylation is 1. The molecule has 0 aliphatic heterocycles. The summed E-state index contributed by atoms with van der Waals surface area (Å²) in [7, 11) is 1.58. The van der Waals surface area contributed by atoms with Crippen LogP contribution in [-0.2, 0) is 12.8 Å². The fourth-order valence-electron chi connectivity index (χ4n) is 1.94. The van der Waals surface area contributed by atoms with Gasteiger partial charge in [0.1, 0.15) is 5.82 Å². The van der Waals surface area contributed by atoms with Gasteiger partial charge in [-0.15, -0.1) is 10.2 Å². The summed E-state index contributed by atoms with van der Waals surface area (Å²) in [6.45, 7) is 5.93. The molecule has 0 aliphatic carbocycles. The fraction of sp³-hybridized carbons (Fsp3) is 0.583. The van der Waals surface area contributed by atoms with Crippen LogP contribution in [-0.4, -0.2) is 29.8 Å². The number of imidazole rings is 1. The van der Waals surface area contributed by atoms with Crippen molar-refractivity contribution in [2.75, 3.05) is 0 Å². The molecule has 22 heavy (non-hydrogen) atoms. The van der Waals surface area contributed by atoms with Gasteiger partial charge in [-0.1, -0.05) is 11.8 Å².